The van der Waals surface area contributed by atoms with Gasteiger partial charge in [0.05, 0.1) is 5.02 Å². The second-order valence-corrected chi connectivity index (χ2v) is 6.22. The normalized spacial score (nSPS) is 11.1. The summed E-state index contributed by atoms with van der Waals surface area (Å²) in [6.07, 6.45) is 1.59. The van der Waals surface area contributed by atoms with Gasteiger partial charge in [0.25, 0.3) is 0 Å². The molecule has 1 N–H and O–H groups in total. The summed E-state index contributed by atoms with van der Waals surface area (Å²) >= 11 is 5.85. The van der Waals surface area contributed by atoms with Crippen molar-refractivity contribution < 1.29 is 13.2 Å². The zero-order valence-corrected chi connectivity index (χ0v) is 12.7. The van der Waals surface area contributed by atoms with E-state index < -0.39 is 10.0 Å². The second kappa shape index (κ2) is 7.42. The van der Waals surface area contributed by atoms with Gasteiger partial charge in [-0.25, -0.2) is 13.1 Å². The maximum atomic E-state index is 12.0. The summed E-state index contributed by atoms with van der Waals surface area (Å²) < 4.78 is 26.5. The van der Waals surface area contributed by atoms with Crippen LogP contribution in [0.5, 0.6) is 0 Å². The minimum atomic E-state index is -3.67. The van der Waals surface area contributed by atoms with Gasteiger partial charge in [-0.1, -0.05) is 29.8 Å². The Balaban J connectivity index is 2.67. The molecule has 0 atom stereocenters. The first-order valence-corrected chi connectivity index (χ1v) is 7.85. The van der Waals surface area contributed by atoms with Gasteiger partial charge in [-0.2, -0.15) is 0 Å². The molecule has 1 aromatic carbocycles. The monoisotopic (exact) mass is 316 g/mol. The van der Waals surface area contributed by atoms with E-state index in [0.717, 1.165) is 0 Å². The molecule has 5 nitrogen and oxygen atoms in total. The van der Waals surface area contributed by atoms with Crippen LogP contribution in [0.2, 0.25) is 5.02 Å². The largest absolute Gasteiger partial charge is 0.338 e. The SMILES string of the molecule is C=CCN(CCNS(=O)(=O)c1ccccc1Cl)C(C)=O. The Labute approximate surface area is 124 Å². The molecule has 0 heterocycles. The lowest BCUT2D eigenvalue weighted by Gasteiger charge is -2.19. The number of amides is 1. The highest BCUT2D eigenvalue weighted by Gasteiger charge is 2.17. The van der Waals surface area contributed by atoms with Gasteiger partial charge < -0.3 is 4.90 Å². The second-order valence-electron chi connectivity index (χ2n) is 4.08. The first-order valence-electron chi connectivity index (χ1n) is 5.99. The van der Waals surface area contributed by atoms with E-state index in [0.29, 0.717) is 6.54 Å². The molecular weight excluding hydrogens is 300 g/mol. The van der Waals surface area contributed by atoms with Crippen molar-refractivity contribution in [2.45, 2.75) is 11.8 Å². The minimum Gasteiger partial charge on any atom is -0.338 e. The highest BCUT2D eigenvalue weighted by molar-refractivity contribution is 7.89. The third kappa shape index (κ3) is 4.63. The van der Waals surface area contributed by atoms with Gasteiger partial charge in [0.1, 0.15) is 4.90 Å². The van der Waals surface area contributed by atoms with Crippen LogP contribution in [0.4, 0.5) is 0 Å². The van der Waals surface area contributed by atoms with Gasteiger partial charge in [0.15, 0.2) is 0 Å². The molecule has 0 aliphatic carbocycles. The molecule has 0 unspecified atom stereocenters. The van der Waals surface area contributed by atoms with Crippen molar-refractivity contribution in [1.82, 2.24) is 9.62 Å². The fraction of sp³-hybridized carbons (Fsp3) is 0.308. The third-order valence-corrected chi connectivity index (χ3v) is 4.56. The summed E-state index contributed by atoms with van der Waals surface area (Å²) in [6.45, 7) is 5.73. The Morgan fingerprint density at radius 2 is 2.10 bits per heavy atom. The fourth-order valence-corrected chi connectivity index (χ4v) is 3.13. The molecule has 0 saturated carbocycles. The van der Waals surface area contributed by atoms with Crippen molar-refractivity contribution in [3.8, 4) is 0 Å². The van der Waals surface area contributed by atoms with Crippen LogP contribution in [-0.4, -0.2) is 38.9 Å². The van der Waals surface area contributed by atoms with Gasteiger partial charge in [-0.05, 0) is 12.1 Å². The van der Waals surface area contributed by atoms with E-state index in [-0.39, 0.29) is 28.9 Å². The average Bonchev–Trinajstić information content (AvgIpc) is 2.37. The molecule has 0 bridgehead atoms. The van der Waals surface area contributed by atoms with E-state index in [4.69, 9.17) is 11.6 Å². The number of nitrogens with one attached hydrogen (secondary N) is 1. The summed E-state index contributed by atoms with van der Waals surface area (Å²) in [7, 11) is -3.67. The predicted octanol–water partition coefficient (Wildman–Crippen LogP) is 1.65. The Morgan fingerprint density at radius 1 is 1.45 bits per heavy atom. The van der Waals surface area contributed by atoms with Gasteiger partial charge in [-0.15, -0.1) is 6.58 Å². The van der Waals surface area contributed by atoms with Crippen LogP contribution in [0.25, 0.3) is 0 Å². The van der Waals surface area contributed by atoms with Crippen molar-refractivity contribution in [2.24, 2.45) is 0 Å². The number of sulfonamides is 1. The van der Waals surface area contributed by atoms with Crippen LogP contribution < -0.4 is 4.72 Å². The number of benzene rings is 1. The van der Waals surface area contributed by atoms with Gasteiger partial charge in [-0.3, -0.25) is 4.79 Å². The molecule has 0 aliphatic heterocycles. The minimum absolute atomic E-state index is 0.0276. The van der Waals surface area contributed by atoms with Crippen LogP contribution in [-0.2, 0) is 14.8 Å². The zero-order valence-electron chi connectivity index (χ0n) is 11.2. The predicted molar refractivity (Wildman–Crippen MR) is 79.1 cm³/mol. The lowest BCUT2D eigenvalue weighted by molar-refractivity contribution is -0.128. The Morgan fingerprint density at radius 3 is 2.65 bits per heavy atom. The molecule has 0 aliphatic rings. The number of hydrogen-bond donors (Lipinski definition) is 1. The van der Waals surface area contributed by atoms with E-state index in [9.17, 15) is 13.2 Å². The molecule has 1 aromatic rings. The molecule has 0 saturated heterocycles. The standard InChI is InChI=1S/C13H17ClN2O3S/c1-3-9-16(11(2)17)10-8-15-20(18,19)13-7-5-4-6-12(13)14/h3-7,15H,1,8-10H2,2H3. The van der Waals surface area contributed by atoms with E-state index in [1.165, 1.54) is 24.0 Å². The molecule has 1 amide bonds. The van der Waals surface area contributed by atoms with Gasteiger partial charge in [0.2, 0.25) is 15.9 Å². The molecule has 110 valence electrons. The third-order valence-electron chi connectivity index (χ3n) is 2.59. The first-order chi connectivity index (χ1) is 9.38. The summed E-state index contributed by atoms with van der Waals surface area (Å²) in [6, 6.07) is 6.19. The smallest absolute Gasteiger partial charge is 0.242 e. The van der Waals surface area contributed by atoms with Gasteiger partial charge in [0, 0.05) is 26.6 Å². The van der Waals surface area contributed by atoms with Crippen LogP contribution in [0, 0.1) is 0 Å². The van der Waals surface area contributed by atoms with Crippen molar-refractivity contribution in [3.05, 3.63) is 41.9 Å². The molecular formula is C13H17ClN2O3S. The number of hydrogen-bond acceptors (Lipinski definition) is 3. The molecule has 0 spiro atoms. The molecule has 0 radical (unpaired) electrons. The van der Waals surface area contributed by atoms with Crippen molar-refractivity contribution >= 4 is 27.5 Å². The van der Waals surface area contributed by atoms with E-state index in [1.54, 1.807) is 18.2 Å². The number of carbonyl (C=O) groups excluding carboxylic acids is 1. The molecule has 0 aromatic heterocycles. The number of nitrogens with zero attached hydrogens (tertiary/aromatic N) is 1. The summed E-state index contributed by atoms with van der Waals surface area (Å²) in [4.78, 5) is 12.8. The average molecular weight is 317 g/mol. The summed E-state index contributed by atoms with van der Waals surface area (Å²) in [5.74, 6) is -0.137. The highest BCUT2D eigenvalue weighted by atomic mass is 35.5. The molecule has 0 fully saturated rings. The lowest BCUT2D eigenvalue weighted by Crippen LogP contribution is -2.37. The van der Waals surface area contributed by atoms with Crippen LogP contribution in [0.1, 0.15) is 6.92 Å². The number of halogens is 1. The zero-order chi connectivity index (χ0) is 15.2. The van der Waals surface area contributed by atoms with Crippen molar-refractivity contribution in [3.63, 3.8) is 0 Å². The van der Waals surface area contributed by atoms with Crippen molar-refractivity contribution in [1.29, 1.82) is 0 Å². The maximum absolute atomic E-state index is 12.0. The van der Waals surface area contributed by atoms with Gasteiger partial charge >= 0.3 is 0 Å². The lowest BCUT2D eigenvalue weighted by atomic mass is 10.4. The fourth-order valence-electron chi connectivity index (χ4n) is 1.59. The Bertz CT molecular complexity index is 587. The number of rotatable bonds is 7. The first kappa shape index (κ1) is 16.7. The number of carbonyl (C=O) groups is 1. The van der Waals surface area contributed by atoms with Crippen LogP contribution in [0.3, 0.4) is 0 Å². The highest BCUT2D eigenvalue weighted by Crippen LogP contribution is 2.19. The van der Waals surface area contributed by atoms with E-state index in [2.05, 4.69) is 11.3 Å². The van der Waals surface area contributed by atoms with Crippen LogP contribution >= 0.6 is 11.6 Å². The van der Waals surface area contributed by atoms with Crippen molar-refractivity contribution in [2.75, 3.05) is 19.6 Å². The van der Waals surface area contributed by atoms with Crippen LogP contribution in [0.15, 0.2) is 41.8 Å². The molecule has 1 rings (SSSR count). The topological polar surface area (TPSA) is 66.5 Å². The molecule has 7 heteroatoms. The Hall–Kier alpha value is -1.37. The summed E-state index contributed by atoms with van der Waals surface area (Å²) in [5, 5.41) is 0.162. The van der Waals surface area contributed by atoms with E-state index in [1.807, 2.05) is 0 Å². The quantitative estimate of drug-likeness (QED) is 0.778. The Kier molecular flexibility index (Phi) is 6.19. The molecule has 20 heavy (non-hydrogen) atoms. The summed E-state index contributed by atoms with van der Waals surface area (Å²) in [5.41, 5.74) is 0. The van der Waals surface area contributed by atoms with E-state index >= 15 is 0 Å². The maximum Gasteiger partial charge on any atom is 0.242 e.